The number of hydrogen-bond acceptors (Lipinski definition) is 4. The van der Waals surface area contributed by atoms with E-state index in [1.165, 1.54) is 0 Å². The molecule has 0 saturated carbocycles. The second-order valence-electron chi connectivity index (χ2n) is 6.75. The lowest BCUT2D eigenvalue weighted by molar-refractivity contribution is -0.138. The van der Waals surface area contributed by atoms with Gasteiger partial charge in [0.1, 0.15) is 18.1 Å². The smallest absolute Gasteiger partial charge is 0.229 e. The zero-order valence-corrected chi connectivity index (χ0v) is 14.4. The van der Waals surface area contributed by atoms with E-state index in [0.717, 1.165) is 49.4 Å². The van der Waals surface area contributed by atoms with Crippen LogP contribution in [0.1, 0.15) is 24.4 Å². The van der Waals surface area contributed by atoms with Gasteiger partial charge in [0, 0.05) is 31.5 Å². The maximum Gasteiger partial charge on any atom is 0.229 e. The molecule has 1 fully saturated rings. The Hall–Kier alpha value is -2.50. The van der Waals surface area contributed by atoms with E-state index < -0.39 is 0 Å². The molecule has 0 N–H and O–H groups in total. The number of amides is 1. The Labute approximate surface area is 147 Å². The van der Waals surface area contributed by atoms with Crippen LogP contribution in [0.3, 0.4) is 0 Å². The molecular weight excluding hydrogens is 318 g/mol. The van der Waals surface area contributed by atoms with Gasteiger partial charge in [-0.15, -0.1) is 0 Å². The first-order valence-corrected chi connectivity index (χ1v) is 8.82. The molecule has 2 unspecified atom stereocenters. The predicted molar refractivity (Wildman–Crippen MR) is 92.8 cm³/mol. The summed E-state index contributed by atoms with van der Waals surface area (Å²) in [6.07, 6.45) is 6.57. The van der Waals surface area contributed by atoms with Gasteiger partial charge in [0.25, 0.3) is 0 Å². The highest BCUT2D eigenvalue weighted by molar-refractivity contribution is 5.80. The van der Waals surface area contributed by atoms with Crippen LogP contribution in [0, 0.1) is 5.92 Å². The first-order chi connectivity index (χ1) is 12.2. The lowest BCUT2D eigenvalue weighted by Gasteiger charge is -2.36. The summed E-state index contributed by atoms with van der Waals surface area (Å²) in [7, 11) is 1.64. The lowest BCUT2D eigenvalue weighted by Crippen LogP contribution is -2.46. The van der Waals surface area contributed by atoms with Crippen molar-refractivity contribution < 1.29 is 14.3 Å². The topological polar surface area (TPSA) is 56.6 Å². The van der Waals surface area contributed by atoms with Crippen LogP contribution in [0.15, 0.2) is 36.7 Å². The van der Waals surface area contributed by atoms with Gasteiger partial charge in [0.2, 0.25) is 5.91 Å². The lowest BCUT2D eigenvalue weighted by atomic mass is 9.94. The maximum absolute atomic E-state index is 13.0. The van der Waals surface area contributed by atoms with Gasteiger partial charge in [-0.2, -0.15) is 5.10 Å². The molecule has 1 aromatic carbocycles. The molecule has 6 heteroatoms. The summed E-state index contributed by atoms with van der Waals surface area (Å²) in [5.74, 6) is 1.69. The molecule has 1 aromatic heterocycles. The highest BCUT2D eigenvalue weighted by atomic mass is 16.5. The monoisotopic (exact) mass is 341 g/mol. The van der Waals surface area contributed by atoms with Crippen LogP contribution in [-0.2, 0) is 11.2 Å². The highest BCUT2D eigenvalue weighted by Crippen LogP contribution is 2.32. The summed E-state index contributed by atoms with van der Waals surface area (Å²) >= 11 is 0. The molecule has 0 bridgehead atoms. The van der Waals surface area contributed by atoms with Crippen molar-refractivity contribution in [1.82, 2.24) is 14.7 Å². The Bertz CT molecular complexity index is 744. The SMILES string of the molecule is COc1ccc2c(c1)OCC(C(=O)N1CCCC(n3cccn3)C1)C2. The minimum atomic E-state index is -0.114. The number of hydrogen-bond donors (Lipinski definition) is 0. The van der Waals surface area contributed by atoms with Crippen LogP contribution in [0.2, 0.25) is 0 Å². The average Bonchev–Trinajstić information content (AvgIpc) is 3.21. The fourth-order valence-corrected chi connectivity index (χ4v) is 3.76. The molecule has 2 aliphatic heterocycles. The van der Waals surface area contributed by atoms with Crippen LogP contribution in [-0.4, -0.2) is 47.4 Å². The number of benzene rings is 1. The van der Waals surface area contributed by atoms with Crippen molar-refractivity contribution >= 4 is 5.91 Å². The summed E-state index contributed by atoms with van der Waals surface area (Å²) in [6, 6.07) is 8.01. The number of aromatic nitrogens is 2. The third-order valence-corrected chi connectivity index (χ3v) is 5.14. The molecule has 0 aliphatic carbocycles. The minimum Gasteiger partial charge on any atom is -0.497 e. The molecule has 4 rings (SSSR count). The molecule has 0 radical (unpaired) electrons. The van der Waals surface area contributed by atoms with Crippen molar-refractivity contribution in [2.24, 2.45) is 5.92 Å². The number of carbonyl (C=O) groups excluding carboxylic acids is 1. The van der Waals surface area contributed by atoms with Crippen LogP contribution < -0.4 is 9.47 Å². The summed E-state index contributed by atoms with van der Waals surface area (Å²) in [5.41, 5.74) is 1.08. The number of carbonyl (C=O) groups is 1. The Morgan fingerprint density at radius 1 is 1.40 bits per heavy atom. The van der Waals surface area contributed by atoms with Gasteiger partial charge in [-0.25, -0.2) is 0 Å². The van der Waals surface area contributed by atoms with Gasteiger partial charge < -0.3 is 14.4 Å². The summed E-state index contributed by atoms with van der Waals surface area (Å²) < 4.78 is 13.0. The normalized spacial score (nSPS) is 22.8. The number of rotatable bonds is 3. The van der Waals surface area contributed by atoms with Crippen LogP contribution in [0.4, 0.5) is 0 Å². The molecule has 6 nitrogen and oxygen atoms in total. The quantitative estimate of drug-likeness (QED) is 0.860. The highest BCUT2D eigenvalue weighted by Gasteiger charge is 2.32. The second kappa shape index (κ2) is 6.78. The van der Waals surface area contributed by atoms with E-state index in [4.69, 9.17) is 9.47 Å². The molecule has 2 aromatic rings. The summed E-state index contributed by atoms with van der Waals surface area (Å²) in [4.78, 5) is 15.0. The van der Waals surface area contributed by atoms with E-state index in [1.807, 2.05) is 40.0 Å². The molecule has 2 atom stereocenters. The van der Waals surface area contributed by atoms with Crippen molar-refractivity contribution in [1.29, 1.82) is 0 Å². The molecular formula is C19H23N3O3. The zero-order valence-electron chi connectivity index (χ0n) is 14.4. The van der Waals surface area contributed by atoms with Crippen molar-refractivity contribution in [3.8, 4) is 11.5 Å². The van der Waals surface area contributed by atoms with E-state index in [9.17, 15) is 4.79 Å². The number of likely N-dealkylation sites (tertiary alicyclic amines) is 1. The summed E-state index contributed by atoms with van der Waals surface area (Å²) in [6.45, 7) is 1.98. The molecule has 2 aliphatic rings. The third kappa shape index (κ3) is 3.21. The molecule has 1 saturated heterocycles. The largest absolute Gasteiger partial charge is 0.497 e. The Balaban J connectivity index is 1.44. The predicted octanol–water partition coefficient (Wildman–Crippen LogP) is 2.31. The van der Waals surface area contributed by atoms with Crippen molar-refractivity contribution in [3.63, 3.8) is 0 Å². The number of ether oxygens (including phenoxy) is 2. The standard InChI is InChI=1S/C19H23N3O3/c1-24-17-6-5-14-10-15(13-25-18(14)11-17)19(23)21-8-2-4-16(12-21)22-9-3-7-20-22/h3,5-7,9,11,15-16H,2,4,8,10,12-13H2,1H3. The van der Waals surface area contributed by atoms with E-state index in [1.54, 1.807) is 13.3 Å². The van der Waals surface area contributed by atoms with Crippen LogP contribution in [0.5, 0.6) is 11.5 Å². The number of piperidine rings is 1. The molecule has 25 heavy (non-hydrogen) atoms. The third-order valence-electron chi connectivity index (χ3n) is 5.14. The van der Waals surface area contributed by atoms with E-state index in [2.05, 4.69) is 5.10 Å². The van der Waals surface area contributed by atoms with E-state index in [0.29, 0.717) is 6.61 Å². The van der Waals surface area contributed by atoms with E-state index >= 15 is 0 Å². The van der Waals surface area contributed by atoms with Crippen LogP contribution >= 0.6 is 0 Å². The number of methoxy groups -OCH3 is 1. The number of nitrogens with zero attached hydrogens (tertiary/aromatic N) is 3. The Morgan fingerprint density at radius 3 is 3.12 bits per heavy atom. The first-order valence-electron chi connectivity index (χ1n) is 8.82. The van der Waals surface area contributed by atoms with Crippen LogP contribution in [0.25, 0.3) is 0 Å². The molecule has 3 heterocycles. The minimum absolute atomic E-state index is 0.114. The fraction of sp³-hybridized carbons (Fsp3) is 0.474. The maximum atomic E-state index is 13.0. The van der Waals surface area contributed by atoms with Crippen molar-refractivity contribution in [2.75, 3.05) is 26.8 Å². The Morgan fingerprint density at radius 2 is 2.32 bits per heavy atom. The van der Waals surface area contributed by atoms with Gasteiger partial charge >= 0.3 is 0 Å². The summed E-state index contributed by atoms with van der Waals surface area (Å²) in [5, 5.41) is 4.33. The van der Waals surface area contributed by atoms with Gasteiger partial charge in [0.05, 0.1) is 19.1 Å². The molecule has 0 spiro atoms. The molecule has 1 amide bonds. The van der Waals surface area contributed by atoms with Crippen molar-refractivity contribution in [2.45, 2.75) is 25.3 Å². The van der Waals surface area contributed by atoms with E-state index in [-0.39, 0.29) is 17.9 Å². The second-order valence-corrected chi connectivity index (χ2v) is 6.75. The average molecular weight is 341 g/mol. The van der Waals surface area contributed by atoms with Gasteiger partial charge in [-0.1, -0.05) is 6.07 Å². The van der Waals surface area contributed by atoms with Crippen molar-refractivity contribution in [3.05, 3.63) is 42.2 Å². The van der Waals surface area contributed by atoms with Gasteiger partial charge in [0.15, 0.2) is 0 Å². The molecule has 132 valence electrons. The number of fused-ring (bicyclic) bond motifs is 1. The van der Waals surface area contributed by atoms with Gasteiger partial charge in [-0.3, -0.25) is 9.48 Å². The Kier molecular flexibility index (Phi) is 4.34. The fourth-order valence-electron chi connectivity index (χ4n) is 3.76. The first kappa shape index (κ1) is 16.0. The zero-order chi connectivity index (χ0) is 17.2. The van der Waals surface area contributed by atoms with Gasteiger partial charge in [-0.05, 0) is 37.0 Å².